The second-order valence-electron chi connectivity index (χ2n) is 4.94. The minimum atomic E-state index is -0.145. The van der Waals surface area contributed by atoms with Crippen molar-refractivity contribution in [2.75, 3.05) is 32.0 Å². The summed E-state index contributed by atoms with van der Waals surface area (Å²) < 4.78 is 0. The number of amides is 1. The molecule has 0 spiro atoms. The number of likely N-dealkylation sites (tertiary alicyclic amines) is 1. The van der Waals surface area contributed by atoms with E-state index < -0.39 is 0 Å². The van der Waals surface area contributed by atoms with Crippen LogP contribution in [0.1, 0.15) is 30.3 Å². The van der Waals surface area contributed by atoms with Gasteiger partial charge in [0.15, 0.2) is 0 Å². The quantitative estimate of drug-likeness (QED) is 0.819. The van der Waals surface area contributed by atoms with Gasteiger partial charge in [-0.15, -0.1) is 0 Å². The number of likely N-dealkylation sites (N-methyl/N-ethyl adjacent to an activating group) is 1. The van der Waals surface area contributed by atoms with Crippen molar-refractivity contribution < 1.29 is 4.79 Å². The summed E-state index contributed by atoms with van der Waals surface area (Å²) in [5.41, 5.74) is 0.371. The van der Waals surface area contributed by atoms with E-state index in [1.165, 1.54) is 6.20 Å². The fourth-order valence-corrected chi connectivity index (χ4v) is 2.13. The van der Waals surface area contributed by atoms with E-state index in [4.69, 9.17) is 0 Å². The van der Waals surface area contributed by atoms with Crippen molar-refractivity contribution in [3.05, 3.63) is 18.1 Å². The number of hydrogen-bond acceptors (Lipinski definition) is 5. The van der Waals surface area contributed by atoms with Crippen LogP contribution in [0.25, 0.3) is 0 Å². The van der Waals surface area contributed by atoms with E-state index in [9.17, 15) is 4.79 Å². The summed E-state index contributed by atoms with van der Waals surface area (Å²) in [6.07, 6.45) is 5.14. The van der Waals surface area contributed by atoms with Crippen molar-refractivity contribution in [1.82, 2.24) is 20.2 Å². The molecule has 0 radical (unpaired) electrons. The van der Waals surface area contributed by atoms with Gasteiger partial charge in [-0.1, -0.05) is 6.92 Å². The summed E-state index contributed by atoms with van der Waals surface area (Å²) in [5.74, 6) is 0.506. The van der Waals surface area contributed by atoms with Crippen LogP contribution in [0.4, 0.5) is 5.82 Å². The minimum Gasteiger partial charge on any atom is -0.369 e. The highest BCUT2D eigenvalue weighted by molar-refractivity contribution is 5.92. The Bertz CT molecular complexity index is 437. The zero-order valence-corrected chi connectivity index (χ0v) is 11.5. The molecule has 19 heavy (non-hydrogen) atoms. The van der Waals surface area contributed by atoms with Crippen LogP contribution in [0, 0.1) is 0 Å². The molecule has 1 amide bonds. The molecule has 0 aliphatic carbocycles. The Morgan fingerprint density at radius 3 is 3.05 bits per heavy atom. The van der Waals surface area contributed by atoms with Gasteiger partial charge >= 0.3 is 0 Å². The van der Waals surface area contributed by atoms with Crippen LogP contribution in [0.3, 0.4) is 0 Å². The van der Waals surface area contributed by atoms with Gasteiger partial charge < -0.3 is 15.5 Å². The number of carbonyl (C=O) groups is 1. The molecular weight excluding hydrogens is 242 g/mol. The molecule has 0 saturated carbocycles. The predicted molar refractivity (Wildman–Crippen MR) is 74.2 cm³/mol. The largest absolute Gasteiger partial charge is 0.369 e. The topological polar surface area (TPSA) is 70.2 Å². The maximum absolute atomic E-state index is 12.1. The van der Waals surface area contributed by atoms with Crippen molar-refractivity contribution in [2.24, 2.45) is 0 Å². The molecule has 6 nitrogen and oxygen atoms in total. The van der Waals surface area contributed by atoms with Gasteiger partial charge in [0.1, 0.15) is 11.5 Å². The monoisotopic (exact) mass is 263 g/mol. The third-order valence-electron chi connectivity index (χ3n) is 3.15. The van der Waals surface area contributed by atoms with Crippen LogP contribution in [-0.2, 0) is 0 Å². The van der Waals surface area contributed by atoms with Gasteiger partial charge in [-0.3, -0.25) is 9.78 Å². The number of carbonyl (C=O) groups excluding carboxylic acids is 1. The standard InChI is InChI=1S/C13H21N5O/c1-3-5-15-12-8-14-7-11(17-12)13(19)16-10-4-6-18(2)9-10/h7-8,10H,3-6,9H2,1-2H3,(H,15,17)(H,16,19). The Labute approximate surface area is 113 Å². The van der Waals surface area contributed by atoms with Crippen molar-refractivity contribution in [1.29, 1.82) is 0 Å². The zero-order chi connectivity index (χ0) is 13.7. The first-order valence-electron chi connectivity index (χ1n) is 6.74. The van der Waals surface area contributed by atoms with Gasteiger partial charge in [0.25, 0.3) is 5.91 Å². The van der Waals surface area contributed by atoms with Gasteiger partial charge in [-0.05, 0) is 26.4 Å². The van der Waals surface area contributed by atoms with Gasteiger partial charge in [0, 0.05) is 19.1 Å². The highest BCUT2D eigenvalue weighted by Crippen LogP contribution is 2.08. The van der Waals surface area contributed by atoms with Gasteiger partial charge in [0.2, 0.25) is 0 Å². The molecule has 1 fully saturated rings. The van der Waals surface area contributed by atoms with E-state index in [-0.39, 0.29) is 11.9 Å². The number of nitrogens with zero attached hydrogens (tertiary/aromatic N) is 3. The summed E-state index contributed by atoms with van der Waals surface area (Å²) in [5, 5.41) is 6.13. The minimum absolute atomic E-state index is 0.145. The lowest BCUT2D eigenvalue weighted by Gasteiger charge is -2.12. The Morgan fingerprint density at radius 2 is 2.37 bits per heavy atom. The molecular formula is C13H21N5O. The molecule has 0 bridgehead atoms. The highest BCUT2D eigenvalue weighted by Gasteiger charge is 2.22. The third-order valence-corrected chi connectivity index (χ3v) is 3.15. The Kier molecular flexibility index (Phi) is 4.68. The van der Waals surface area contributed by atoms with Gasteiger partial charge in [-0.2, -0.15) is 0 Å². The summed E-state index contributed by atoms with van der Waals surface area (Å²) in [7, 11) is 2.06. The smallest absolute Gasteiger partial charge is 0.271 e. The van der Waals surface area contributed by atoms with Crippen molar-refractivity contribution >= 4 is 11.7 Å². The number of hydrogen-bond donors (Lipinski definition) is 2. The molecule has 1 aromatic rings. The summed E-state index contributed by atoms with van der Waals surface area (Å²) in [4.78, 5) is 22.6. The number of rotatable bonds is 5. The fourth-order valence-electron chi connectivity index (χ4n) is 2.13. The van der Waals surface area contributed by atoms with Crippen molar-refractivity contribution in [3.8, 4) is 0 Å². The van der Waals surface area contributed by atoms with Crippen LogP contribution in [0.15, 0.2) is 12.4 Å². The normalized spacial score (nSPS) is 19.4. The first kappa shape index (κ1) is 13.7. The molecule has 6 heteroatoms. The van der Waals surface area contributed by atoms with Gasteiger partial charge in [-0.25, -0.2) is 4.98 Å². The molecule has 1 aliphatic rings. The fraction of sp³-hybridized carbons (Fsp3) is 0.615. The third kappa shape index (κ3) is 3.89. The van der Waals surface area contributed by atoms with Crippen molar-refractivity contribution in [3.63, 3.8) is 0 Å². The molecule has 1 aromatic heterocycles. The van der Waals surface area contributed by atoms with Crippen LogP contribution in [0.5, 0.6) is 0 Å². The SMILES string of the molecule is CCCNc1cncc(C(=O)NC2CCN(C)C2)n1. The first-order chi connectivity index (χ1) is 9.19. The van der Waals surface area contributed by atoms with E-state index >= 15 is 0 Å². The van der Waals surface area contributed by atoms with Crippen LogP contribution in [0.2, 0.25) is 0 Å². The van der Waals surface area contributed by atoms with E-state index in [2.05, 4.69) is 39.5 Å². The molecule has 1 unspecified atom stereocenters. The van der Waals surface area contributed by atoms with E-state index in [0.717, 1.165) is 32.5 Å². The molecule has 2 rings (SSSR count). The van der Waals surface area contributed by atoms with Gasteiger partial charge in [0.05, 0.1) is 12.4 Å². The molecule has 1 aliphatic heterocycles. The summed E-state index contributed by atoms with van der Waals surface area (Å²) in [6, 6.07) is 0.214. The van der Waals surface area contributed by atoms with Crippen LogP contribution in [-0.4, -0.2) is 53.5 Å². The van der Waals surface area contributed by atoms with Crippen LogP contribution < -0.4 is 10.6 Å². The maximum atomic E-state index is 12.1. The van der Waals surface area contributed by atoms with Crippen molar-refractivity contribution in [2.45, 2.75) is 25.8 Å². The first-order valence-corrected chi connectivity index (χ1v) is 6.74. The number of nitrogens with one attached hydrogen (secondary N) is 2. The van der Waals surface area contributed by atoms with Crippen LogP contribution >= 0.6 is 0 Å². The Hall–Kier alpha value is -1.69. The molecule has 2 heterocycles. The average Bonchev–Trinajstić information content (AvgIpc) is 2.82. The number of aromatic nitrogens is 2. The lowest BCUT2D eigenvalue weighted by Crippen LogP contribution is -2.37. The highest BCUT2D eigenvalue weighted by atomic mass is 16.2. The zero-order valence-electron chi connectivity index (χ0n) is 11.5. The van der Waals surface area contributed by atoms with E-state index in [1.807, 2.05) is 0 Å². The molecule has 1 atom stereocenters. The summed E-state index contributed by atoms with van der Waals surface area (Å²) in [6.45, 7) is 4.82. The lowest BCUT2D eigenvalue weighted by atomic mass is 10.2. The number of anilines is 1. The second-order valence-corrected chi connectivity index (χ2v) is 4.94. The average molecular weight is 263 g/mol. The van der Waals surface area contributed by atoms with E-state index in [0.29, 0.717) is 11.5 Å². The predicted octanol–water partition coefficient (Wildman–Crippen LogP) is 0.732. The molecule has 0 aromatic carbocycles. The Balaban J connectivity index is 1.94. The molecule has 2 N–H and O–H groups in total. The Morgan fingerprint density at radius 1 is 1.53 bits per heavy atom. The molecule has 104 valence electrons. The lowest BCUT2D eigenvalue weighted by molar-refractivity contribution is 0.0933. The summed E-state index contributed by atoms with van der Waals surface area (Å²) >= 11 is 0. The second kappa shape index (κ2) is 6.47. The van der Waals surface area contributed by atoms with E-state index in [1.54, 1.807) is 6.20 Å². The molecule has 1 saturated heterocycles. The maximum Gasteiger partial charge on any atom is 0.271 e.